The molecule has 2 aliphatic carbocycles. The second-order valence-corrected chi connectivity index (χ2v) is 9.62. The molecule has 0 aromatic heterocycles. The molecule has 0 spiro atoms. The van der Waals surface area contributed by atoms with Crippen LogP contribution in [0.15, 0.2) is 48.0 Å². The molecule has 0 saturated heterocycles. The van der Waals surface area contributed by atoms with Crippen LogP contribution >= 0.6 is 0 Å². The van der Waals surface area contributed by atoms with Crippen LogP contribution in [-0.2, 0) is 31.1 Å². The average molecular weight is 407 g/mol. The number of aryl methyl sites for hydroxylation is 1. The number of hydrogen-bond donors (Lipinski definition) is 0. The van der Waals surface area contributed by atoms with E-state index in [1.807, 2.05) is 0 Å². The second-order valence-electron chi connectivity index (χ2n) is 8.21. The van der Waals surface area contributed by atoms with Crippen LogP contribution in [0.4, 0.5) is 0 Å². The maximum atomic E-state index is 2.54. The summed E-state index contributed by atoms with van der Waals surface area (Å²) in [5, 5.41) is 0. The van der Waals surface area contributed by atoms with E-state index in [0.29, 0.717) is 9.04 Å². The van der Waals surface area contributed by atoms with Gasteiger partial charge in [-0.1, -0.05) is 0 Å². The van der Waals surface area contributed by atoms with Crippen molar-refractivity contribution in [3.8, 4) is 11.1 Å². The Bertz CT molecular complexity index is 791. The van der Waals surface area contributed by atoms with Crippen LogP contribution in [0.5, 0.6) is 0 Å². The summed E-state index contributed by atoms with van der Waals surface area (Å²) in [6.07, 6.45) is 10.6. The molecule has 0 radical (unpaired) electrons. The fourth-order valence-corrected chi connectivity index (χ4v) is 5.76. The van der Waals surface area contributed by atoms with E-state index in [9.17, 15) is 0 Å². The molecular formula is C24H27Zr. The summed E-state index contributed by atoms with van der Waals surface area (Å²) in [6.45, 7) is 4.73. The second kappa shape index (κ2) is 6.99. The number of allylic oxidation sites excluding steroid dienone is 1. The molecule has 1 heteroatoms. The van der Waals surface area contributed by atoms with Gasteiger partial charge in [-0.05, 0) is 0 Å². The van der Waals surface area contributed by atoms with E-state index in [-0.39, 0.29) is 0 Å². The number of rotatable bonds is 4. The molecule has 2 aromatic carbocycles. The summed E-state index contributed by atoms with van der Waals surface area (Å²) < 4.78 is 0.662. The molecule has 2 aromatic rings. The van der Waals surface area contributed by atoms with Crippen molar-refractivity contribution in [2.45, 2.75) is 56.0 Å². The monoisotopic (exact) mass is 405 g/mol. The Morgan fingerprint density at radius 1 is 1.04 bits per heavy atom. The van der Waals surface area contributed by atoms with Gasteiger partial charge in [0, 0.05) is 0 Å². The van der Waals surface area contributed by atoms with Crippen LogP contribution in [0.2, 0.25) is 0 Å². The first kappa shape index (κ1) is 17.5. The molecular weight excluding hydrogens is 379 g/mol. The van der Waals surface area contributed by atoms with Crippen LogP contribution in [-0.4, -0.2) is 0 Å². The molecule has 4 rings (SSSR count). The molecule has 127 valence electrons. The Labute approximate surface area is 167 Å². The molecule has 0 N–H and O–H groups in total. The van der Waals surface area contributed by atoms with Gasteiger partial charge in [0.15, 0.2) is 0 Å². The molecule has 0 aliphatic heterocycles. The van der Waals surface area contributed by atoms with Gasteiger partial charge in [0.05, 0.1) is 0 Å². The van der Waals surface area contributed by atoms with Gasteiger partial charge in [0.1, 0.15) is 0 Å². The Morgan fingerprint density at radius 3 is 2.44 bits per heavy atom. The van der Waals surface area contributed by atoms with Crippen LogP contribution in [0.3, 0.4) is 0 Å². The average Bonchev–Trinajstić information content (AvgIpc) is 3.19. The predicted octanol–water partition coefficient (Wildman–Crippen LogP) is 6.87. The SMILES string of the molecule is CCc1ccc(-c2cccc3c2C=C(CC2(C)CCCC2)[CH]3[Zr])cc1. The Hall–Kier alpha value is -0.937. The molecule has 25 heavy (non-hydrogen) atoms. The van der Waals surface area contributed by atoms with Gasteiger partial charge < -0.3 is 0 Å². The zero-order valence-corrected chi connectivity index (χ0v) is 17.9. The van der Waals surface area contributed by atoms with Crippen molar-refractivity contribution >= 4 is 6.08 Å². The standard InChI is InChI=1S/C24H27.Zr/c1-3-18-9-11-20(12-10-18)22-8-6-7-21-15-19(16-23(21)22)17-24(2)13-4-5-14-24;/h6-12,15-16H,3-5,13-14,17H2,1-2H3;. The molecule has 1 fully saturated rings. The molecule has 1 saturated carbocycles. The van der Waals surface area contributed by atoms with Crippen LogP contribution in [0.1, 0.15) is 66.3 Å². The third-order valence-corrected chi connectivity index (χ3v) is 7.94. The minimum absolute atomic E-state index is 0.547. The first-order valence-electron chi connectivity index (χ1n) is 9.73. The Balaban J connectivity index is 1.69. The van der Waals surface area contributed by atoms with Gasteiger partial charge in [-0.25, -0.2) is 0 Å². The van der Waals surface area contributed by atoms with Gasteiger partial charge >= 0.3 is 168 Å². The van der Waals surface area contributed by atoms with Crippen molar-refractivity contribution < 1.29 is 24.7 Å². The van der Waals surface area contributed by atoms with Gasteiger partial charge in [-0.2, -0.15) is 0 Å². The van der Waals surface area contributed by atoms with Crippen molar-refractivity contribution in [3.05, 3.63) is 64.7 Å². The van der Waals surface area contributed by atoms with E-state index in [1.54, 1.807) is 35.9 Å². The molecule has 0 heterocycles. The molecule has 0 nitrogen and oxygen atoms in total. The van der Waals surface area contributed by atoms with E-state index in [2.05, 4.69) is 62.4 Å². The number of benzene rings is 2. The molecule has 1 atom stereocenters. The van der Waals surface area contributed by atoms with Crippen molar-refractivity contribution in [2.75, 3.05) is 0 Å². The zero-order valence-electron chi connectivity index (χ0n) is 15.4. The fraction of sp³-hybridized carbons (Fsp3) is 0.417. The fourth-order valence-electron chi connectivity index (χ4n) is 4.69. The van der Waals surface area contributed by atoms with Crippen molar-refractivity contribution in [1.82, 2.24) is 0 Å². The number of fused-ring (bicyclic) bond motifs is 1. The van der Waals surface area contributed by atoms with Gasteiger partial charge in [0.25, 0.3) is 0 Å². The molecule has 1 unspecified atom stereocenters. The predicted molar refractivity (Wildman–Crippen MR) is 103 cm³/mol. The van der Waals surface area contributed by atoms with Crippen LogP contribution < -0.4 is 0 Å². The van der Waals surface area contributed by atoms with Crippen molar-refractivity contribution in [3.63, 3.8) is 0 Å². The van der Waals surface area contributed by atoms with Gasteiger partial charge in [0.2, 0.25) is 0 Å². The quantitative estimate of drug-likeness (QED) is 0.519. The molecule has 2 aliphatic rings. The van der Waals surface area contributed by atoms with Crippen molar-refractivity contribution in [1.29, 1.82) is 0 Å². The Kier molecular flexibility index (Phi) is 4.89. The van der Waals surface area contributed by atoms with E-state index in [1.165, 1.54) is 54.4 Å². The summed E-state index contributed by atoms with van der Waals surface area (Å²) in [7, 11) is 0. The first-order chi connectivity index (χ1) is 12.1. The Morgan fingerprint density at radius 2 is 1.76 bits per heavy atom. The van der Waals surface area contributed by atoms with E-state index >= 15 is 0 Å². The molecule has 0 bridgehead atoms. The summed E-state index contributed by atoms with van der Waals surface area (Å²) in [6, 6.07) is 16.1. The van der Waals surface area contributed by atoms with Crippen LogP contribution in [0, 0.1) is 5.41 Å². The summed E-state index contributed by atoms with van der Waals surface area (Å²) >= 11 is 1.64. The third kappa shape index (κ3) is 3.37. The normalized spacial score (nSPS) is 21.2. The summed E-state index contributed by atoms with van der Waals surface area (Å²) in [4.78, 5) is 0. The number of hydrogen-bond acceptors (Lipinski definition) is 0. The van der Waals surface area contributed by atoms with E-state index in [4.69, 9.17) is 0 Å². The minimum atomic E-state index is 0.547. The summed E-state index contributed by atoms with van der Waals surface area (Å²) in [5.74, 6) is 0. The van der Waals surface area contributed by atoms with Gasteiger partial charge in [-0.15, -0.1) is 0 Å². The topological polar surface area (TPSA) is 0 Å². The van der Waals surface area contributed by atoms with Crippen molar-refractivity contribution in [2.24, 2.45) is 5.41 Å². The first-order valence-corrected chi connectivity index (χ1v) is 11.2. The van der Waals surface area contributed by atoms with Gasteiger partial charge in [-0.3, -0.25) is 0 Å². The maximum absolute atomic E-state index is 2.54. The molecule has 0 amide bonds. The summed E-state index contributed by atoms with van der Waals surface area (Å²) in [5.41, 5.74) is 9.49. The van der Waals surface area contributed by atoms with Crippen LogP contribution in [0.25, 0.3) is 17.2 Å². The zero-order chi connectivity index (χ0) is 17.4. The van der Waals surface area contributed by atoms with E-state index < -0.39 is 0 Å². The third-order valence-electron chi connectivity index (χ3n) is 6.27. The van der Waals surface area contributed by atoms with E-state index in [0.717, 1.165) is 6.42 Å².